The molecule has 17 heteroatoms. The Morgan fingerprint density at radius 2 is 1.71 bits per heavy atom. The summed E-state index contributed by atoms with van der Waals surface area (Å²) >= 11 is 0. The van der Waals surface area contributed by atoms with E-state index in [9.17, 15) is 35.9 Å². The SMILES string of the molecule is CC[C@@H]1C[C@H](Nc2ncc(N3CCOCC3)c(Cc3cc(C(F)(F)F)cc(C(F)(F)F)c3)n2)c2cc(OC)ccc2N1C(=O)OCCCC(=O)O. The summed E-state index contributed by atoms with van der Waals surface area (Å²) < 4.78 is 98.5. The van der Waals surface area contributed by atoms with Gasteiger partial charge < -0.3 is 29.5 Å². The molecule has 2 aliphatic rings. The van der Waals surface area contributed by atoms with Crippen molar-refractivity contribution in [3.05, 3.63) is 70.5 Å². The zero-order chi connectivity index (χ0) is 36.9. The predicted molar refractivity (Wildman–Crippen MR) is 173 cm³/mol. The number of carbonyl (C=O) groups excluding carboxylic acids is 1. The fraction of sp³-hybridized carbons (Fsp3) is 0.471. The monoisotopic (exact) mass is 725 g/mol. The number of alkyl halides is 6. The Hall–Kier alpha value is -4.80. The number of anilines is 3. The number of hydrogen-bond acceptors (Lipinski definition) is 9. The quantitative estimate of drug-likeness (QED) is 0.156. The maximum absolute atomic E-state index is 13.7. The van der Waals surface area contributed by atoms with Crippen molar-refractivity contribution in [3.8, 4) is 5.75 Å². The second-order valence-electron chi connectivity index (χ2n) is 12.1. The van der Waals surface area contributed by atoms with Gasteiger partial charge in [-0.2, -0.15) is 26.3 Å². The summed E-state index contributed by atoms with van der Waals surface area (Å²) in [4.78, 5) is 36.7. The lowest BCUT2D eigenvalue weighted by molar-refractivity contribution is -0.143. The third kappa shape index (κ3) is 9.11. The van der Waals surface area contributed by atoms with Crippen molar-refractivity contribution in [3.63, 3.8) is 0 Å². The summed E-state index contributed by atoms with van der Waals surface area (Å²) in [5, 5.41) is 12.2. The van der Waals surface area contributed by atoms with Gasteiger partial charge in [0.25, 0.3) is 0 Å². The molecule has 11 nitrogen and oxygen atoms in total. The molecule has 51 heavy (non-hydrogen) atoms. The van der Waals surface area contributed by atoms with Gasteiger partial charge in [-0.15, -0.1) is 0 Å². The molecular formula is C34H37F6N5O6. The number of nitrogens with zero attached hydrogens (tertiary/aromatic N) is 4. The number of carboxylic acids is 1. The molecule has 0 radical (unpaired) electrons. The standard InChI is InChI=1S/C34H37F6N5O6/c1-3-23-17-26(25-18-24(49-2)6-7-28(25)45(23)32(48)51-10-4-5-30(46)47)42-31-41-19-29(44-8-11-50-12-9-44)27(43-31)15-20-13-21(33(35,36)37)16-22(14-20)34(38,39)40/h6-7,13-14,16,18-19,23,26H,3-5,8-12,15,17H2,1-2H3,(H,46,47)(H,41,42,43)/t23-,26+/m1/s1. The van der Waals surface area contributed by atoms with Crippen LogP contribution in [0.3, 0.4) is 0 Å². The van der Waals surface area contributed by atoms with Crippen LogP contribution in [0.25, 0.3) is 0 Å². The predicted octanol–water partition coefficient (Wildman–Crippen LogP) is 7.09. The van der Waals surface area contributed by atoms with Gasteiger partial charge in [0.05, 0.1) is 67.4 Å². The van der Waals surface area contributed by atoms with Crippen molar-refractivity contribution in [2.24, 2.45) is 0 Å². The third-order valence-corrected chi connectivity index (χ3v) is 8.69. The second kappa shape index (κ2) is 15.6. The van der Waals surface area contributed by atoms with Crippen molar-refractivity contribution < 1.29 is 55.2 Å². The number of aromatic nitrogens is 2. The molecule has 2 aromatic carbocycles. The van der Waals surface area contributed by atoms with Crippen molar-refractivity contribution in [1.29, 1.82) is 0 Å². The van der Waals surface area contributed by atoms with Crippen LogP contribution >= 0.6 is 0 Å². The molecule has 0 aliphatic carbocycles. The van der Waals surface area contributed by atoms with Gasteiger partial charge in [-0.25, -0.2) is 14.8 Å². The summed E-state index contributed by atoms with van der Waals surface area (Å²) in [5.74, 6) is -0.450. The average Bonchev–Trinajstić information content (AvgIpc) is 3.09. The Balaban J connectivity index is 1.50. The Morgan fingerprint density at radius 1 is 1.02 bits per heavy atom. The molecule has 5 rings (SSSR count). The lowest BCUT2D eigenvalue weighted by Gasteiger charge is -2.40. The van der Waals surface area contributed by atoms with E-state index >= 15 is 0 Å². The maximum atomic E-state index is 13.7. The molecule has 276 valence electrons. The van der Waals surface area contributed by atoms with Crippen LogP contribution in [-0.4, -0.2) is 73.2 Å². The van der Waals surface area contributed by atoms with E-state index in [4.69, 9.17) is 19.3 Å². The van der Waals surface area contributed by atoms with Crippen LogP contribution in [0.1, 0.15) is 66.6 Å². The summed E-state index contributed by atoms with van der Waals surface area (Å²) in [6.45, 7) is 3.34. The van der Waals surface area contributed by atoms with Gasteiger partial charge in [0.15, 0.2) is 0 Å². The van der Waals surface area contributed by atoms with Crippen LogP contribution in [0.2, 0.25) is 0 Å². The molecule has 0 saturated carbocycles. The second-order valence-corrected chi connectivity index (χ2v) is 12.1. The number of morpholine rings is 1. The highest BCUT2D eigenvalue weighted by molar-refractivity contribution is 5.90. The largest absolute Gasteiger partial charge is 0.497 e. The average molecular weight is 726 g/mol. The Bertz CT molecular complexity index is 1680. The van der Waals surface area contributed by atoms with E-state index in [0.29, 0.717) is 74.0 Å². The molecule has 0 bridgehead atoms. The van der Waals surface area contributed by atoms with Crippen molar-refractivity contribution >= 4 is 29.4 Å². The highest BCUT2D eigenvalue weighted by atomic mass is 19.4. The van der Waals surface area contributed by atoms with Crippen LogP contribution in [0, 0.1) is 0 Å². The molecule has 2 atom stereocenters. The van der Waals surface area contributed by atoms with Crippen LogP contribution < -0.4 is 19.9 Å². The van der Waals surface area contributed by atoms with Crippen molar-refractivity contribution in [1.82, 2.24) is 9.97 Å². The fourth-order valence-corrected chi connectivity index (χ4v) is 6.19. The lowest BCUT2D eigenvalue weighted by atomic mass is 9.90. The number of amides is 1. The van der Waals surface area contributed by atoms with E-state index in [0.717, 1.165) is 0 Å². The number of rotatable bonds is 11. The number of methoxy groups -OCH3 is 1. The Morgan fingerprint density at radius 3 is 2.31 bits per heavy atom. The van der Waals surface area contributed by atoms with Crippen LogP contribution in [0.5, 0.6) is 5.75 Å². The van der Waals surface area contributed by atoms with Gasteiger partial charge in [0.2, 0.25) is 5.95 Å². The maximum Gasteiger partial charge on any atom is 0.416 e. The smallest absolute Gasteiger partial charge is 0.416 e. The normalized spacial score (nSPS) is 17.9. The van der Waals surface area contributed by atoms with E-state index in [2.05, 4.69) is 15.3 Å². The van der Waals surface area contributed by atoms with E-state index < -0.39 is 41.6 Å². The van der Waals surface area contributed by atoms with Crippen LogP contribution in [-0.2, 0) is 33.0 Å². The fourth-order valence-electron chi connectivity index (χ4n) is 6.19. The summed E-state index contributed by atoms with van der Waals surface area (Å²) in [7, 11) is 1.48. The zero-order valence-electron chi connectivity index (χ0n) is 27.8. The van der Waals surface area contributed by atoms with Crippen molar-refractivity contribution in [2.75, 3.05) is 55.1 Å². The molecule has 3 aromatic rings. The third-order valence-electron chi connectivity index (χ3n) is 8.69. The Labute approximate surface area is 289 Å². The first-order valence-corrected chi connectivity index (χ1v) is 16.3. The minimum absolute atomic E-state index is 0.0725. The van der Waals surface area contributed by atoms with Crippen LogP contribution in [0.15, 0.2) is 42.6 Å². The number of nitrogens with one attached hydrogen (secondary N) is 1. The first-order valence-electron chi connectivity index (χ1n) is 16.3. The molecule has 2 aliphatic heterocycles. The topological polar surface area (TPSA) is 126 Å². The molecule has 1 amide bonds. The molecule has 0 spiro atoms. The summed E-state index contributed by atoms with van der Waals surface area (Å²) in [6.07, 6.45) is -8.70. The van der Waals surface area contributed by atoms with E-state index in [1.165, 1.54) is 18.2 Å². The number of aliphatic carboxylic acids is 1. The number of fused-ring (bicyclic) bond motifs is 1. The molecule has 3 heterocycles. The minimum atomic E-state index is -5.01. The van der Waals surface area contributed by atoms with Gasteiger partial charge in [0, 0.05) is 37.5 Å². The van der Waals surface area contributed by atoms with E-state index in [1.54, 1.807) is 18.2 Å². The lowest BCUT2D eigenvalue weighted by Crippen LogP contribution is -2.46. The number of carboxylic acid groups (broad SMARTS) is 1. The number of ether oxygens (including phenoxy) is 3. The minimum Gasteiger partial charge on any atom is -0.497 e. The molecule has 1 saturated heterocycles. The number of benzene rings is 2. The van der Waals surface area contributed by atoms with Gasteiger partial charge >= 0.3 is 24.4 Å². The molecule has 2 N–H and O–H groups in total. The van der Waals surface area contributed by atoms with Gasteiger partial charge in [0.1, 0.15) is 5.75 Å². The number of carbonyl (C=O) groups is 2. The highest BCUT2D eigenvalue weighted by Gasteiger charge is 2.38. The van der Waals surface area contributed by atoms with Gasteiger partial charge in [-0.3, -0.25) is 9.69 Å². The molecule has 1 fully saturated rings. The van der Waals surface area contributed by atoms with Gasteiger partial charge in [-0.05, 0) is 61.2 Å². The van der Waals surface area contributed by atoms with Crippen LogP contribution in [0.4, 0.5) is 48.5 Å². The summed E-state index contributed by atoms with van der Waals surface area (Å²) in [6, 6.07) is 5.69. The summed E-state index contributed by atoms with van der Waals surface area (Å²) in [5.41, 5.74) is -1.29. The molecule has 0 unspecified atom stereocenters. The van der Waals surface area contributed by atoms with E-state index in [-0.39, 0.29) is 55.2 Å². The number of halogens is 6. The number of hydrogen-bond donors (Lipinski definition) is 2. The first-order chi connectivity index (χ1) is 24.2. The molecule has 1 aromatic heterocycles. The van der Waals surface area contributed by atoms with E-state index in [1.807, 2.05) is 11.8 Å². The highest BCUT2D eigenvalue weighted by Crippen LogP contribution is 2.42. The zero-order valence-corrected chi connectivity index (χ0v) is 27.8. The Kier molecular flexibility index (Phi) is 11.5. The van der Waals surface area contributed by atoms with Crippen molar-refractivity contribution in [2.45, 2.75) is 63.5 Å². The molecular weight excluding hydrogens is 688 g/mol. The van der Waals surface area contributed by atoms with Gasteiger partial charge in [-0.1, -0.05) is 6.92 Å². The first kappa shape index (κ1) is 37.5.